The number of ether oxygens (including phenoxy) is 1. The van der Waals surface area contributed by atoms with E-state index in [1.165, 1.54) is 30.8 Å². The van der Waals surface area contributed by atoms with Crippen molar-refractivity contribution in [3.05, 3.63) is 59.7 Å². The maximum Gasteiger partial charge on any atom is 0.267 e. The van der Waals surface area contributed by atoms with Crippen molar-refractivity contribution in [3.63, 3.8) is 0 Å². The van der Waals surface area contributed by atoms with Crippen molar-refractivity contribution in [2.24, 2.45) is 0 Å². The van der Waals surface area contributed by atoms with Crippen LogP contribution < -0.4 is 10.2 Å². The zero-order valence-electron chi connectivity index (χ0n) is 11.4. The van der Waals surface area contributed by atoms with Crippen LogP contribution in [0.2, 0.25) is 0 Å². The first-order valence-corrected chi connectivity index (χ1v) is 6.23. The average molecular weight is 290 g/mol. The van der Waals surface area contributed by atoms with Gasteiger partial charge in [-0.05, 0) is 35.9 Å². The number of amides is 1. The number of nitrogens with zero attached hydrogens (tertiary/aromatic N) is 1. The molecule has 0 saturated carbocycles. The zero-order valence-corrected chi connectivity index (χ0v) is 11.4. The minimum Gasteiger partial charge on any atom is -0.497 e. The van der Waals surface area contributed by atoms with E-state index in [2.05, 4.69) is 0 Å². The molecule has 5 nitrogen and oxygen atoms in total. The van der Waals surface area contributed by atoms with Gasteiger partial charge in [-0.3, -0.25) is 10.0 Å². The van der Waals surface area contributed by atoms with Gasteiger partial charge < -0.3 is 9.30 Å². The molecule has 6 heteroatoms. The molecule has 2 aromatic rings. The first kappa shape index (κ1) is 14.8. The lowest BCUT2D eigenvalue weighted by molar-refractivity contribution is -0.124. The molecule has 110 valence electrons. The highest BCUT2D eigenvalue weighted by Crippen LogP contribution is 2.18. The number of aromatic nitrogens is 1. The van der Waals surface area contributed by atoms with Gasteiger partial charge >= 0.3 is 0 Å². The highest BCUT2D eigenvalue weighted by molar-refractivity contribution is 5.90. The predicted molar refractivity (Wildman–Crippen MR) is 75.4 cm³/mol. The SMILES string of the molecule is COc1cc(F)cc(Cn2cccc2/C=C/C(=O)NO)c1. The second-order valence-electron chi connectivity index (χ2n) is 4.37. The molecule has 21 heavy (non-hydrogen) atoms. The van der Waals surface area contributed by atoms with Crippen LogP contribution in [0.5, 0.6) is 5.75 Å². The molecular weight excluding hydrogens is 275 g/mol. The van der Waals surface area contributed by atoms with E-state index in [0.29, 0.717) is 12.3 Å². The molecule has 0 aliphatic rings. The summed E-state index contributed by atoms with van der Waals surface area (Å²) in [7, 11) is 1.48. The third-order valence-electron chi connectivity index (χ3n) is 2.90. The number of nitrogens with one attached hydrogen (secondary N) is 1. The van der Waals surface area contributed by atoms with E-state index in [1.807, 2.05) is 16.8 Å². The van der Waals surface area contributed by atoms with Gasteiger partial charge in [0.1, 0.15) is 11.6 Å². The van der Waals surface area contributed by atoms with Gasteiger partial charge in [-0.15, -0.1) is 0 Å². The Balaban J connectivity index is 2.21. The molecule has 1 heterocycles. The van der Waals surface area contributed by atoms with Crippen molar-refractivity contribution < 1.29 is 19.1 Å². The predicted octanol–water partition coefficient (Wildman–Crippen LogP) is 2.20. The molecule has 2 rings (SSSR count). The van der Waals surface area contributed by atoms with Crippen LogP contribution in [0, 0.1) is 5.82 Å². The number of methoxy groups -OCH3 is 1. The van der Waals surface area contributed by atoms with Crippen molar-refractivity contribution in [2.45, 2.75) is 6.54 Å². The third kappa shape index (κ3) is 3.93. The van der Waals surface area contributed by atoms with Crippen molar-refractivity contribution >= 4 is 12.0 Å². The molecule has 0 atom stereocenters. The fourth-order valence-electron chi connectivity index (χ4n) is 1.95. The summed E-state index contributed by atoms with van der Waals surface area (Å²) in [5.74, 6) is -0.530. The summed E-state index contributed by atoms with van der Waals surface area (Å²) in [6.45, 7) is 0.432. The summed E-state index contributed by atoms with van der Waals surface area (Å²) in [6, 6.07) is 8.10. The summed E-state index contributed by atoms with van der Waals surface area (Å²) in [5.41, 5.74) is 3.01. The van der Waals surface area contributed by atoms with Gasteiger partial charge in [0.25, 0.3) is 5.91 Å². The van der Waals surface area contributed by atoms with Crippen LogP contribution in [0.4, 0.5) is 4.39 Å². The van der Waals surface area contributed by atoms with Crippen LogP contribution in [0.1, 0.15) is 11.3 Å². The molecule has 0 fully saturated rings. The molecule has 0 bridgehead atoms. The van der Waals surface area contributed by atoms with Crippen LogP contribution in [0.25, 0.3) is 6.08 Å². The van der Waals surface area contributed by atoms with E-state index in [4.69, 9.17) is 9.94 Å². The molecule has 2 N–H and O–H groups in total. The third-order valence-corrected chi connectivity index (χ3v) is 2.90. The lowest BCUT2D eigenvalue weighted by Gasteiger charge is -2.09. The monoisotopic (exact) mass is 290 g/mol. The smallest absolute Gasteiger partial charge is 0.267 e. The van der Waals surface area contributed by atoms with Crippen LogP contribution >= 0.6 is 0 Å². The van der Waals surface area contributed by atoms with Gasteiger partial charge in [0.2, 0.25) is 0 Å². The Morgan fingerprint density at radius 1 is 1.48 bits per heavy atom. The molecule has 0 aliphatic heterocycles. The minimum atomic E-state index is -0.616. The van der Waals surface area contributed by atoms with Gasteiger partial charge in [-0.1, -0.05) is 0 Å². The Bertz CT molecular complexity index is 665. The largest absolute Gasteiger partial charge is 0.497 e. The lowest BCUT2D eigenvalue weighted by Crippen LogP contribution is -2.15. The van der Waals surface area contributed by atoms with Crippen molar-refractivity contribution in [1.82, 2.24) is 10.0 Å². The molecule has 0 radical (unpaired) electrons. The summed E-state index contributed by atoms with van der Waals surface area (Å²) in [6.07, 6.45) is 4.58. The molecular formula is C15H15FN2O3. The molecule has 1 aromatic heterocycles. The number of halogens is 1. The molecule has 0 saturated heterocycles. The number of benzene rings is 1. The highest BCUT2D eigenvalue weighted by Gasteiger charge is 2.04. The molecule has 0 unspecified atom stereocenters. The Labute approximate surface area is 121 Å². The van der Waals surface area contributed by atoms with Gasteiger partial charge in [0.15, 0.2) is 0 Å². The highest BCUT2D eigenvalue weighted by atomic mass is 19.1. The summed E-state index contributed by atoms with van der Waals surface area (Å²) >= 11 is 0. The number of hydrogen-bond acceptors (Lipinski definition) is 3. The van der Waals surface area contributed by atoms with E-state index < -0.39 is 5.91 Å². The van der Waals surface area contributed by atoms with Gasteiger partial charge in [-0.2, -0.15) is 0 Å². The molecule has 1 aromatic carbocycles. The van der Waals surface area contributed by atoms with Gasteiger partial charge in [0, 0.05) is 30.6 Å². The Morgan fingerprint density at radius 3 is 3.00 bits per heavy atom. The van der Waals surface area contributed by atoms with E-state index in [-0.39, 0.29) is 5.82 Å². The van der Waals surface area contributed by atoms with Crippen LogP contribution in [-0.2, 0) is 11.3 Å². The fourth-order valence-corrected chi connectivity index (χ4v) is 1.95. The Hall–Kier alpha value is -2.60. The van der Waals surface area contributed by atoms with E-state index in [1.54, 1.807) is 18.2 Å². The normalized spacial score (nSPS) is 10.8. The fraction of sp³-hybridized carbons (Fsp3) is 0.133. The van der Waals surface area contributed by atoms with Crippen molar-refractivity contribution in [2.75, 3.05) is 7.11 Å². The van der Waals surface area contributed by atoms with E-state index >= 15 is 0 Å². The lowest BCUT2D eigenvalue weighted by atomic mass is 10.2. The molecule has 0 aliphatic carbocycles. The number of hydroxylamine groups is 1. The Morgan fingerprint density at radius 2 is 2.29 bits per heavy atom. The summed E-state index contributed by atoms with van der Waals surface area (Å²) in [5, 5.41) is 8.44. The van der Waals surface area contributed by atoms with Crippen LogP contribution in [0.3, 0.4) is 0 Å². The van der Waals surface area contributed by atoms with E-state index in [0.717, 1.165) is 11.3 Å². The summed E-state index contributed by atoms with van der Waals surface area (Å²) < 4.78 is 20.3. The first-order valence-electron chi connectivity index (χ1n) is 6.23. The Kier molecular flexibility index (Phi) is 4.73. The van der Waals surface area contributed by atoms with Crippen LogP contribution in [0.15, 0.2) is 42.6 Å². The molecule has 1 amide bonds. The van der Waals surface area contributed by atoms with Crippen molar-refractivity contribution in [1.29, 1.82) is 0 Å². The zero-order chi connectivity index (χ0) is 15.2. The maximum atomic E-state index is 13.5. The summed E-state index contributed by atoms with van der Waals surface area (Å²) in [4.78, 5) is 11.0. The second-order valence-corrected chi connectivity index (χ2v) is 4.37. The molecule has 0 spiro atoms. The number of rotatable bonds is 5. The maximum absolute atomic E-state index is 13.5. The second kappa shape index (κ2) is 6.71. The quantitative estimate of drug-likeness (QED) is 0.504. The number of carbonyl (C=O) groups is 1. The average Bonchev–Trinajstić information content (AvgIpc) is 2.91. The van der Waals surface area contributed by atoms with Crippen molar-refractivity contribution in [3.8, 4) is 5.75 Å². The topological polar surface area (TPSA) is 63.5 Å². The number of hydrogen-bond donors (Lipinski definition) is 2. The van der Waals surface area contributed by atoms with E-state index in [9.17, 15) is 9.18 Å². The van der Waals surface area contributed by atoms with Gasteiger partial charge in [0.05, 0.1) is 7.11 Å². The standard InChI is InChI=1S/C15H15FN2O3/c1-21-14-8-11(7-12(16)9-14)10-18-6-2-3-13(18)4-5-15(19)17-20/h2-9,20H,10H2,1H3,(H,17,19)/b5-4+. The minimum absolute atomic E-state index is 0.367. The first-order chi connectivity index (χ1) is 10.1. The number of carbonyl (C=O) groups excluding carboxylic acids is 1. The van der Waals surface area contributed by atoms with Gasteiger partial charge in [-0.25, -0.2) is 9.87 Å². The van der Waals surface area contributed by atoms with Crippen LogP contribution in [-0.4, -0.2) is 22.8 Å².